The topological polar surface area (TPSA) is 68.5 Å². The summed E-state index contributed by atoms with van der Waals surface area (Å²) in [7, 11) is 0. The van der Waals surface area contributed by atoms with Crippen LogP contribution in [0.2, 0.25) is 0 Å². The summed E-state index contributed by atoms with van der Waals surface area (Å²) >= 11 is 1.62. The molecule has 1 aliphatic carbocycles. The van der Waals surface area contributed by atoms with Crippen LogP contribution in [0.1, 0.15) is 56.3 Å². The highest BCUT2D eigenvalue weighted by molar-refractivity contribution is 7.14. The van der Waals surface area contributed by atoms with Gasteiger partial charge in [0, 0.05) is 17.8 Å². The van der Waals surface area contributed by atoms with Gasteiger partial charge in [0.1, 0.15) is 5.82 Å². The van der Waals surface area contributed by atoms with Gasteiger partial charge < -0.3 is 14.2 Å². The minimum Gasteiger partial charge on any atom is -0.365 e. The summed E-state index contributed by atoms with van der Waals surface area (Å²) < 4.78 is 25.0. The Balaban J connectivity index is 1.27. The number of ether oxygens (including phenoxy) is 1. The number of aromatic nitrogens is 2. The fraction of sp³-hybridized carbons (Fsp3) is 0.409. The Kier molecular flexibility index (Phi) is 5.35. The van der Waals surface area contributed by atoms with E-state index in [1.165, 1.54) is 29.3 Å². The van der Waals surface area contributed by atoms with Crippen molar-refractivity contribution >= 4 is 17.2 Å². The second-order valence-electron chi connectivity index (χ2n) is 7.69. The fourth-order valence-corrected chi connectivity index (χ4v) is 5.24. The summed E-state index contributed by atoms with van der Waals surface area (Å²) in [6.07, 6.45) is 4.31. The van der Waals surface area contributed by atoms with Gasteiger partial charge in [-0.1, -0.05) is 23.4 Å². The third kappa shape index (κ3) is 3.89. The van der Waals surface area contributed by atoms with E-state index >= 15 is 0 Å². The lowest BCUT2D eigenvalue weighted by Crippen LogP contribution is -2.42. The summed E-state index contributed by atoms with van der Waals surface area (Å²) in [5, 5.41) is 3.97. The lowest BCUT2D eigenvalue weighted by molar-refractivity contribution is -0.0365. The zero-order valence-electron chi connectivity index (χ0n) is 16.5. The number of hydrogen-bond acceptors (Lipinski definition) is 6. The molecule has 1 saturated heterocycles. The highest BCUT2D eigenvalue weighted by Crippen LogP contribution is 2.31. The molecule has 1 fully saturated rings. The molecule has 3 aromatic rings. The van der Waals surface area contributed by atoms with E-state index in [4.69, 9.17) is 9.26 Å². The molecule has 6 nitrogen and oxygen atoms in total. The van der Waals surface area contributed by atoms with Gasteiger partial charge in [-0.05, 0) is 48.9 Å². The molecule has 2 aromatic heterocycles. The molecular weight excluding hydrogens is 405 g/mol. The number of aryl methyl sites for hydroxylation is 2. The van der Waals surface area contributed by atoms with Crippen molar-refractivity contribution in [2.75, 3.05) is 19.7 Å². The Morgan fingerprint density at radius 1 is 1.27 bits per heavy atom. The largest absolute Gasteiger partial charge is 0.365 e. The molecule has 0 spiro atoms. The first-order chi connectivity index (χ1) is 14.7. The number of halogens is 1. The Bertz CT molecular complexity index is 1040. The van der Waals surface area contributed by atoms with E-state index in [2.05, 4.69) is 16.2 Å². The van der Waals surface area contributed by atoms with Crippen LogP contribution in [0.15, 0.2) is 34.9 Å². The van der Waals surface area contributed by atoms with Gasteiger partial charge in [0.15, 0.2) is 11.9 Å². The first-order valence-corrected chi connectivity index (χ1v) is 11.1. The van der Waals surface area contributed by atoms with E-state index in [9.17, 15) is 9.18 Å². The average Bonchev–Trinajstić information content (AvgIpc) is 3.42. The van der Waals surface area contributed by atoms with Crippen LogP contribution >= 0.6 is 11.3 Å². The Morgan fingerprint density at radius 3 is 3.00 bits per heavy atom. The molecule has 1 aliphatic heterocycles. The molecule has 2 aliphatic rings. The molecule has 3 heterocycles. The third-order valence-corrected chi connectivity index (χ3v) is 6.85. The maximum Gasteiger partial charge on any atom is 0.264 e. The summed E-state index contributed by atoms with van der Waals surface area (Å²) in [5.74, 6) is 0.458. The first kappa shape index (κ1) is 19.4. The van der Waals surface area contributed by atoms with Gasteiger partial charge in [-0.2, -0.15) is 4.98 Å². The molecule has 8 heteroatoms. The molecule has 156 valence electrons. The van der Waals surface area contributed by atoms with Crippen LogP contribution in [0.25, 0.3) is 0 Å². The number of fused-ring (bicyclic) bond motifs is 1. The van der Waals surface area contributed by atoms with Crippen LogP contribution in [0.4, 0.5) is 4.39 Å². The van der Waals surface area contributed by atoms with E-state index in [0.29, 0.717) is 37.0 Å². The van der Waals surface area contributed by atoms with Crippen molar-refractivity contribution < 1.29 is 18.4 Å². The molecular formula is C22H22FN3O3S. The zero-order chi connectivity index (χ0) is 20.5. The minimum atomic E-state index is -0.473. The highest BCUT2D eigenvalue weighted by Gasteiger charge is 2.31. The molecule has 1 amide bonds. The number of carbonyl (C=O) groups excluding carboxylic acids is 1. The molecule has 0 radical (unpaired) electrons. The van der Waals surface area contributed by atoms with E-state index in [1.807, 2.05) is 0 Å². The molecule has 30 heavy (non-hydrogen) atoms. The van der Waals surface area contributed by atoms with Gasteiger partial charge >= 0.3 is 0 Å². The van der Waals surface area contributed by atoms with Crippen molar-refractivity contribution in [3.05, 3.63) is 68.7 Å². The fourth-order valence-electron chi connectivity index (χ4n) is 4.02. The summed E-state index contributed by atoms with van der Waals surface area (Å²) in [4.78, 5) is 21.4. The molecule has 0 unspecified atom stereocenters. The second-order valence-corrected chi connectivity index (χ2v) is 8.83. The van der Waals surface area contributed by atoms with Gasteiger partial charge in [-0.15, -0.1) is 11.3 Å². The lowest BCUT2D eigenvalue weighted by atomic mass is 9.99. The Morgan fingerprint density at radius 2 is 2.13 bits per heavy atom. The predicted molar refractivity (Wildman–Crippen MR) is 109 cm³/mol. The number of rotatable bonds is 4. The molecule has 0 N–H and O–H groups in total. The summed E-state index contributed by atoms with van der Waals surface area (Å²) in [5.41, 5.74) is 1.84. The van der Waals surface area contributed by atoms with E-state index < -0.39 is 6.10 Å². The zero-order valence-corrected chi connectivity index (χ0v) is 17.3. The van der Waals surface area contributed by atoms with E-state index in [-0.39, 0.29) is 18.1 Å². The number of amides is 1. The van der Waals surface area contributed by atoms with Crippen molar-refractivity contribution in [1.82, 2.24) is 15.0 Å². The average molecular weight is 428 g/mol. The highest BCUT2D eigenvalue weighted by atomic mass is 32.1. The number of benzene rings is 1. The second kappa shape index (κ2) is 8.28. The van der Waals surface area contributed by atoms with E-state index in [0.717, 1.165) is 17.7 Å². The van der Waals surface area contributed by atoms with Gasteiger partial charge in [0.2, 0.25) is 0 Å². The predicted octanol–water partition coefficient (Wildman–Crippen LogP) is 3.95. The Labute approximate surface area is 177 Å². The number of morpholine rings is 1. The van der Waals surface area contributed by atoms with Crippen LogP contribution in [0.5, 0.6) is 0 Å². The number of thiophene rings is 1. The van der Waals surface area contributed by atoms with Crippen molar-refractivity contribution in [2.45, 2.75) is 38.2 Å². The molecule has 0 saturated carbocycles. The number of nitrogens with zero attached hydrogens (tertiary/aromatic N) is 3. The maximum absolute atomic E-state index is 13.9. The molecule has 1 atom stereocenters. The summed E-state index contributed by atoms with van der Waals surface area (Å²) in [6.45, 7) is 1.31. The van der Waals surface area contributed by atoms with Crippen LogP contribution in [-0.2, 0) is 24.0 Å². The SMILES string of the molecule is O=C(c1cc2c(s1)CCCC2)N1CCO[C@H](c2nc(Cc3ccccc3F)no2)C1. The maximum atomic E-state index is 13.9. The van der Waals surface area contributed by atoms with Crippen molar-refractivity contribution in [3.63, 3.8) is 0 Å². The number of hydrogen-bond donors (Lipinski definition) is 0. The third-order valence-electron chi connectivity index (χ3n) is 5.63. The van der Waals surface area contributed by atoms with Crippen LogP contribution in [0, 0.1) is 5.82 Å². The lowest BCUT2D eigenvalue weighted by Gasteiger charge is -2.30. The van der Waals surface area contributed by atoms with Gasteiger partial charge in [-0.25, -0.2) is 4.39 Å². The van der Waals surface area contributed by atoms with Crippen molar-refractivity contribution in [2.24, 2.45) is 0 Å². The Hall–Kier alpha value is -2.58. The monoisotopic (exact) mass is 427 g/mol. The van der Waals surface area contributed by atoms with Crippen LogP contribution < -0.4 is 0 Å². The standard InChI is InChI=1S/C22H22FN3O3S/c23-16-7-3-1-5-14(16)12-20-24-21(29-25-20)17-13-26(9-10-28-17)22(27)19-11-15-6-2-4-8-18(15)30-19/h1,3,5,7,11,17H,2,4,6,8-10,12-13H2/t17-/m0/s1. The minimum absolute atomic E-state index is 0.0359. The van der Waals surface area contributed by atoms with E-state index in [1.54, 1.807) is 34.4 Å². The number of carbonyl (C=O) groups is 1. The van der Waals surface area contributed by atoms with Gasteiger partial charge in [0.05, 0.1) is 18.0 Å². The molecule has 0 bridgehead atoms. The van der Waals surface area contributed by atoms with Crippen LogP contribution in [0.3, 0.4) is 0 Å². The van der Waals surface area contributed by atoms with Crippen LogP contribution in [-0.4, -0.2) is 40.6 Å². The molecule has 1 aromatic carbocycles. The van der Waals surface area contributed by atoms with Gasteiger partial charge in [0.25, 0.3) is 11.8 Å². The summed E-state index contributed by atoms with van der Waals surface area (Å²) in [6, 6.07) is 8.59. The molecule has 5 rings (SSSR count). The smallest absolute Gasteiger partial charge is 0.264 e. The first-order valence-electron chi connectivity index (χ1n) is 10.3. The quantitative estimate of drug-likeness (QED) is 0.631. The van der Waals surface area contributed by atoms with Gasteiger partial charge in [-0.3, -0.25) is 4.79 Å². The normalized spacial score (nSPS) is 19.0. The van der Waals surface area contributed by atoms with Crippen molar-refractivity contribution in [1.29, 1.82) is 0 Å². The van der Waals surface area contributed by atoms with Crippen molar-refractivity contribution in [3.8, 4) is 0 Å².